The summed E-state index contributed by atoms with van der Waals surface area (Å²) in [7, 11) is 0. The Hall–Kier alpha value is -2.98. The highest BCUT2D eigenvalue weighted by atomic mass is 16.5. The Labute approximate surface area is 159 Å². The van der Waals surface area contributed by atoms with Gasteiger partial charge in [-0.15, -0.1) is 0 Å². The lowest BCUT2D eigenvalue weighted by molar-refractivity contribution is 0.0887. The van der Waals surface area contributed by atoms with Crippen molar-refractivity contribution in [3.63, 3.8) is 0 Å². The van der Waals surface area contributed by atoms with Crippen LogP contribution in [0.5, 0.6) is 11.5 Å². The summed E-state index contributed by atoms with van der Waals surface area (Å²) in [5.74, 6) is 1.98. The van der Waals surface area contributed by atoms with Crippen molar-refractivity contribution in [3.05, 3.63) is 89.5 Å². The van der Waals surface area contributed by atoms with E-state index >= 15 is 0 Å². The first kappa shape index (κ1) is 16.2. The van der Waals surface area contributed by atoms with Gasteiger partial charge < -0.3 is 14.4 Å². The van der Waals surface area contributed by atoms with Crippen LogP contribution in [0.2, 0.25) is 0 Å². The van der Waals surface area contributed by atoms with Gasteiger partial charge in [0, 0.05) is 36.4 Å². The van der Waals surface area contributed by atoms with E-state index in [2.05, 4.69) is 70.5 Å². The molecule has 0 aromatic heterocycles. The zero-order valence-electron chi connectivity index (χ0n) is 15.2. The van der Waals surface area contributed by atoms with Crippen molar-refractivity contribution >= 4 is 5.69 Å². The SMILES string of the molecule is c1ccc(CN2COc3ccc(N4COc5ccccc5C4)cc3C2)cc1. The van der Waals surface area contributed by atoms with Gasteiger partial charge in [-0.3, -0.25) is 4.90 Å². The molecule has 3 aromatic carbocycles. The van der Waals surface area contributed by atoms with Crippen molar-refractivity contribution in [2.24, 2.45) is 0 Å². The van der Waals surface area contributed by atoms with E-state index in [1.165, 1.54) is 22.4 Å². The van der Waals surface area contributed by atoms with Crippen LogP contribution in [0.1, 0.15) is 16.7 Å². The van der Waals surface area contributed by atoms with Crippen LogP contribution in [-0.2, 0) is 19.6 Å². The van der Waals surface area contributed by atoms with Gasteiger partial charge in [0.2, 0.25) is 0 Å². The Morgan fingerprint density at radius 3 is 2.41 bits per heavy atom. The Morgan fingerprint density at radius 1 is 0.704 bits per heavy atom. The Morgan fingerprint density at radius 2 is 1.48 bits per heavy atom. The van der Waals surface area contributed by atoms with Crippen LogP contribution < -0.4 is 14.4 Å². The maximum atomic E-state index is 5.98. The van der Waals surface area contributed by atoms with Gasteiger partial charge in [0.05, 0.1) is 0 Å². The molecule has 0 radical (unpaired) electrons. The lowest BCUT2D eigenvalue weighted by Gasteiger charge is -2.33. The van der Waals surface area contributed by atoms with Gasteiger partial charge in [-0.1, -0.05) is 48.5 Å². The van der Waals surface area contributed by atoms with Crippen LogP contribution in [0.3, 0.4) is 0 Å². The van der Waals surface area contributed by atoms with Gasteiger partial charge in [-0.05, 0) is 29.8 Å². The first-order chi connectivity index (χ1) is 13.3. The second-order valence-corrected chi connectivity index (χ2v) is 7.12. The lowest BCUT2D eigenvalue weighted by Crippen LogP contribution is -2.33. The molecule has 0 fully saturated rings. The fourth-order valence-corrected chi connectivity index (χ4v) is 3.76. The van der Waals surface area contributed by atoms with Crippen molar-refractivity contribution in [3.8, 4) is 11.5 Å². The molecular weight excluding hydrogens is 336 g/mol. The van der Waals surface area contributed by atoms with Crippen molar-refractivity contribution in [2.45, 2.75) is 19.6 Å². The third kappa shape index (κ3) is 3.36. The monoisotopic (exact) mass is 358 g/mol. The second-order valence-electron chi connectivity index (χ2n) is 7.12. The molecule has 0 spiro atoms. The van der Waals surface area contributed by atoms with Gasteiger partial charge in [0.25, 0.3) is 0 Å². The van der Waals surface area contributed by atoms with Crippen LogP contribution in [0, 0.1) is 0 Å². The molecule has 3 aromatic rings. The molecule has 0 atom stereocenters. The molecule has 0 aliphatic carbocycles. The van der Waals surface area contributed by atoms with E-state index in [1.54, 1.807) is 0 Å². The number of fused-ring (bicyclic) bond motifs is 2. The summed E-state index contributed by atoms with van der Waals surface area (Å²) in [6.45, 7) is 3.85. The molecule has 0 N–H and O–H groups in total. The fraction of sp³-hybridized carbons (Fsp3) is 0.217. The fourth-order valence-electron chi connectivity index (χ4n) is 3.76. The average molecular weight is 358 g/mol. The second kappa shape index (κ2) is 6.97. The Balaban J connectivity index is 1.34. The van der Waals surface area contributed by atoms with E-state index in [1.807, 2.05) is 12.1 Å². The molecule has 2 heterocycles. The molecule has 4 nitrogen and oxygen atoms in total. The topological polar surface area (TPSA) is 24.9 Å². The van der Waals surface area contributed by atoms with Gasteiger partial charge in [-0.2, -0.15) is 0 Å². The zero-order valence-corrected chi connectivity index (χ0v) is 15.2. The Bertz CT molecular complexity index is 942. The van der Waals surface area contributed by atoms with Crippen LogP contribution in [-0.4, -0.2) is 18.4 Å². The molecule has 0 unspecified atom stereocenters. The number of rotatable bonds is 3. The third-order valence-electron chi connectivity index (χ3n) is 5.16. The highest BCUT2D eigenvalue weighted by Gasteiger charge is 2.21. The summed E-state index contributed by atoms with van der Waals surface area (Å²) in [6.07, 6.45) is 0. The zero-order chi connectivity index (χ0) is 18.1. The highest BCUT2D eigenvalue weighted by Crippen LogP contribution is 2.33. The van der Waals surface area contributed by atoms with Crippen molar-refractivity contribution in [1.29, 1.82) is 0 Å². The normalized spacial score (nSPS) is 16.1. The van der Waals surface area contributed by atoms with E-state index < -0.39 is 0 Å². The smallest absolute Gasteiger partial charge is 0.161 e. The minimum absolute atomic E-state index is 0.574. The first-order valence-electron chi connectivity index (χ1n) is 9.33. The highest BCUT2D eigenvalue weighted by molar-refractivity contribution is 5.55. The standard InChI is InChI=1S/C23H22N2O2/c1-2-6-18(7-3-1)13-24-14-20-12-21(10-11-23(20)26-16-24)25-15-19-8-4-5-9-22(19)27-17-25/h1-12H,13-17H2. The molecule has 2 aliphatic rings. The number of hydrogen-bond acceptors (Lipinski definition) is 4. The third-order valence-corrected chi connectivity index (χ3v) is 5.16. The summed E-state index contributed by atoms with van der Waals surface area (Å²) in [6, 6.07) is 25.2. The van der Waals surface area contributed by atoms with Gasteiger partial charge in [0.15, 0.2) is 6.73 Å². The molecule has 0 amide bonds. The van der Waals surface area contributed by atoms with Crippen LogP contribution in [0.15, 0.2) is 72.8 Å². The number of benzene rings is 3. The molecule has 27 heavy (non-hydrogen) atoms. The summed E-state index contributed by atoms with van der Waals surface area (Å²) in [5.41, 5.74) is 4.94. The maximum Gasteiger partial charge on any atom is 0.161 e. The minimum Gasteiger partial charge on any atom is -0.478 e. The van der Waals surface area contributed by atoms with E-state index in [0.29, 0.717) is 13.5 Å². The first-order valence-corrected chi connectivity index (χ1v) is 9.33. The molecule has 4 heteroatoms. The van der Waals surface area contributed by atoms with Crippen molar-refractivity contribution < 1.29 is 9.47 Å². The van der Waals surface area contributed by atoms with E-state index in [9.17, 15) is 0 Å². The van der Waals surface area contributed by atoms with E-state index in [4.69, 9.17) is 9.47 Å². The van der Waals surface area contributed by atoms with Crippen LogP contribution in [0.4, 0.5) is 5.69 Å². The predicted molar refractivity (Wildman–Crippen MR) is 106 cm³/mol. The number of nitrogens with zero attached hydrogens (tertiary/aromatic N) is 2. The summed E-state index contributed by atoms with van der Waals surface area (Å²) < 4.78 is 11.9. The van der Waals surface area contributed by atoms with Gasteiger partial charge >= 0.3 is 0 Å². The number of hydrogen-bond donors (Lipinski definition) is 0. The molecule has 2 aliphatic heterocycles. The average Bonchev–Trinajstić information content (AvgIpc) is 2.73. The van der Waals surface area contributed by atoms with Crippen molar-refractivity contribution in [2.75, 3.05) is 18.4 Å². The maximum absolute atomic E-state index is 5.98. The lowest BCUT2D eigenvalue weighted by atomic mass is 10.1. The summed E-state index contributed by atoms with van der Waals surface area (Å²) in [4.78, 5) is 4.59. The van der Waals surface area contributed by atoms with Gasteiger partial charge in [0.1, 0.15) is 18.2 Å². The predicted octanol–water partition coefficient (Wildman–Crippen LogP) is 4.40. The van der Waals surface area contributed by atoms with E-state index in [-0.39, 0.29) is 0 Å². The number of anilines is 1. The molecular formula is C23H22N2O2. The van der Waals surface area contributed by atoms with E-state index in [0.717, 1.165) is 31.1 Å². The molecule has 0 saturated carbocycles. The van der Waals surface area contributed by atoms with Crippen LogP contribution >= 0.6 is 0 Å². The molecule has 136 valence electrons. The number of ether oxygens (including phenoxy) is 2. The quantitative estimate of drug-likeness (QED) is 0.693. The summed E-state index contributed by atoms with van der Waals surface area (Å²) in [5, 5.41) is 0. The molecule has 0 saturated heterocycles. The van der Waals surface area contributed by atoms with Crippen molar-refractivity contribution in [1.82, 2.24) is 4.90 Å². The molecule has 0 bridgehead atoms. The molecule has 5 rings (SSSR count). The summed E-state index contributed by atoms with van der Waals surface area (Å²) >= 11 is 0. The minimum atomic E-state index is 0.574. The van der Waals surface area contributed by atoms with Crippen LogP contribution in [0.25, 0.3) is 0 Å². The Kier molecular flexibility index (Phi) is 4.18. The van der Waals surface area contributed by atoms with Gasteiger partial charge in [-0.25, -0.2) is 0 Å². The number of para-hydroxylation sites is 1. The largest absolute Gasteiger partial charge is 0.478 e.